The quantitative estimate of drug-likeness (QED) is 0.808. The molecule has 0 amide bonds. The van der Waals surface area contributed by atoms with Crippen LogP contribution in [0.15, 0.2) is 30.6 Å². The fourth-order valence-electron chi connectivity index (χ4n) is 2.18. The Kier molecular flexibility index (Phi) is 5.35. The van der Waals surface area contributed by atoms with E-state index in [1.807, 2.05) is 25.1 Å². The van der Waals surface area contributed by atoms with Crippen molar-refractivity contribution in [2.24, 2.45) is 0 Å². The molecule has 7 nitrogen and oxygen atoms in total. The lowest BCUT2D eigenvalue weighted by atomic mass is 10.1. The van der Waals surface area contributed by atoms with E-state index in [4.69, 9.17) is 14.6 Å². The first-order valence-electron chi connectivity index (χ1n) is 7.06. The number of methoxy groups -OCH3 is 2. The highest BCUT2D eigenvalue weighted by Crippen LogP contribution is 2.28. The maximum atomic E-state index is 10.7. The highest BCUT2D eigenvalue weighted by Gasteiger charge is 2.10. The maximum absolute atomic E-state index is 10.7. The van der Waals surface area contributed by atoms with E-state index in [1.54, 1.807) is 14.2 Å². The Labute approximate surface area is 134 Å². The van der Waals surface area contributed by atoms with Crippen LogP contribution in [0.25, 0.3) is 0 Å². The molecule has 0 radical (unpaired) electrons. The van der Waals surface area contributed by atoms with Crippen molar-refractivity contribution in [3.05, 3.63) is 41.9 Å². The Bertz CT molecular complexity index is 674. The highest BCUT2D eigenvalue weighted by molar-refractivity contribution is 5.84. The van der Waals surface area contributed by atoms with Gasteiger partial charge in [-0.15, -0.1) is 0 Å². The molecule has 0 aliphatic carbocycles. The topological polar surface area (TPSA) is 93.6 Å². The van der Waals surface area contributed by atoms with Gasteiger partial charge in [-0.3, -0.25) is 0 Å². The van der Waals surface area contributed by atoms with Crippen molar-refractivity contribution < 1.29 is 19.4 Å². The zero-order valence-electron chi connectivity index (χ0n) is 13.2. The van der Waals surface area contributed by atoms with Gasteiger partial charge in [0.1, 0.15) is 5.82 Å². The lowest BCUT2D eigenvalue weighted by Crippen LogP contribution is -2.19. The number of anilines is 1. The van der Waals surface area contributed by atoms with Crippen molar-refractivity contribution in [1.29, 1.82) is 0 Å². The fraction of sp³-hybridized carbons (Fsp3) is 0.312. The van der Waals surface area contributed by atoms with Crippen LogP contribution < -0.4 is 14.8 Å². The van der Waals surface area contributed by atoms with E-state index in [0.717, 1.165) is 12.0 Å². The number of aromatic carboxylic acids is 1. The number of carbonyl (C=O) groups is 1. The van der Waals surface area contributed by atoms with E-state index in [-0.39, 0.29) is 11.7 Å². The number of hydrogen-bond acceptors (Lipinski definition) is 6. The Hall–Kier alpha value is -2.83. The van der Waals surface area contributed by atoms with Gasteiger partial charge in [0.15, 0.2) is 17.2 Å². The van der Waals surface area contributed by atoms with Crippen molar-refractivity contribution in [2.45, 2.75) is 19.4 Å². The lowest BCUT2D eigenvalue weighted by molar-refractivity contribution is 0.0690. The molecule has 2 rings (SSSR count). The van der Waals surface area contributed by atoms with Crippen LogP contribution in [0.3, 0.4) is 0 Å². The number of carboxylic acids is 1. The number of rotatable bonds is 7. The van der Waals surface area contributed by atoms with Crippen LogP contribution in [0.1, 0.15) is 23.0 Å². The van der Waals surface area contributed by atoms with Gasteiger partial charge in [0.2, 0.25) is 0 Å². The van der Waals surface area contributed by atoms with E-state index >= 15 is 0 Å². The van der Waals surface area contributed by atoms with Gasteiger partial charge in [0.05, 0.1) is 26.6 Å². The molecular formula is C16H19N3O4. The van der Waals surface area contributed by atoms with Crippen molar-refractivity contribution in [2.75, 3.05) is 19.5 Å². The first-order valence-corrected chi connectivity index (χ1v) is 7.06. The Morgan fingerprint density at radius 1 is 1.22 bits per heavy atom. The summed E-state index contributed by atoms with van der Waals surface area (Å²) >= 11 is 0. The largest absolute Gasteiger partial charge is 0.493 e. The molecule has 0 saturated carbocycles. The van der Waals surface area contributed by atoms with Gasteiger partial charge in [0.25, 0.3) is 0 Å². The molecular weight excluding hydrogens is 298 g/mol. The van der Waals surface area contributed by atoms with Gasteiger partial charge in [0, 0.05) is 6.04 Å². The fourth-order valence-corrected chi connectivity index (χ4v) is 2.18. The van der Waals surface area contributed by atoms with Crippen LogP contribution in [0.2, 0.25) is 0 Å². The smallest absolute Gasteiger partial charge is 0.356 e. The monoisotopic (exact) mass is 317 g/mol. The molecule has 1 aromatic heterocycles. The summed E-state index contributed by atoms with van der Waals surface area (Å²) in [6, 6.07) is 5.84. The molecule has 1 unspecified atom stereocenters. The molecule has 1 aromatic carbocycles. The number of nitrogens with one attached hydrogen (secondary N) is 1. The average molecular weight is 317 g/mol. The second-order valence-electron chi connectivity index (χ2n) is 5.03. The second kappa shape index (κ2) is 7.44. The zero-order chi connectivity index (χ0) is 16.8. The number of aromatic nitrogens is 2. The van der Waals surface area contributed by atoms with E-state index < -0.39 is 5.97 Å². The normalized spacial score (nSPS) is 11.6. The minimum atomic E-state index is -1.09. The molecule has 0 aliphatic heterocycles. The molecule has 2 aromatic rings. The van der Waals surface area contributed by atoms with Gasteiger partial charge in [-0.2, -0.15) is 0 Å². The van der Waals surface area contributed by atoms with E-state index in [1.165, 1.54) is 12.4 Å². The molecule has 0 spiro atoms. The summed E-state index contributed by atoms with van der Waals surface area (Å²) in [7, 11) is 3.20. The molecule has 0 saturated heterocycles. The summed E-state index contributed by atoms with van der Waals surface area (Å²) in [5, 5.41) is 12.0. The predicted molar refractivity (Wildman–Crippen MR) is 85.3 cm³/mol. The lowest BCUT2D eigenvalue weighted by Gasteiger charge is -2.15. The molecule has 122 valence electrons. The number of hydrogen-bond donors (Lipinski definition) is 2. The Balaban J connectivity index is 2.01. The van der Waals surface area contributed by atoms with Crippen LogP contribution >= 0.6 is 0 Å². The molecule has 1 heterocycles. The van der Waals surface area contributed by atoms with Gasteiger partial charge >= 0.3 is 5.97 Å². The predicted octanol–water partition coefficient (Wildman–Crippen LogP) is 2.24. The standard InChI is InChI=1S/C16H19N3O4/c1-10(19-15-9-17-12(8-18-15)16(20)21)6-11-4-5-13(22-2)14(7-11)23-3/h4-5,7-10H,6H2,1-3H3,(H,18,19)(H,20,21). The van der Waals surface area contributed by atoms with Crippen LogP contribution in [0.4, 0.5) is 5.82 Å². The summed E-state index contributed by atoms with van der Waals surface area (Å²) in [6.07, 6.45) is 3.38. The van der Waals surface area contributed by atoms with Crippen molar-refractivity contribution >= 4 is 11.8 Å². The number of carboxylic acid groups (broad SMARTS) is 1. The minimum Gasteiger partial charge on any atom is -0.493 e. The summed E-state index contributed by atoms with van der Waals surface area (Å²) in [5.41, 5.74) is 1.00. The molecule has 23 heavy (non-hydrogen) atoms. The first kappa shape index (κ1) is 16.5. The van der Waals surface area contributed by atoms with Crippen molar-refractivity contribution in [1.82, 2.24) is 9.97 Å². The number of ether oxygens (including phenoxy) is 2. The molecule has 1 atom stereocenters. The molecule has 7 heteroatoms. The first-order chi connectivity index (χ1) is 11.0. The van der Waals surface area contributed by atoms with Crippen molar-refractivity contribution in [3.8, 4) is 11.5 Å². The van der Waals surface area contributed by atoms with Gasteiger partial charge < -0.3 is 19.9 Å². The molecule has 0 bridgehead atoms. The van der Waals surface area contributed by atoms with Crippen LogP contribution in [-0.4, -0.2) is 41.3 Å². The van der Waals surface area contributed by atoms with E-state index in [0.29, 0.717) is 17.3 Å². The number of benzene rings is 1. The zero-order valence-corrected chi connectivity index (χ0v) is 13.2. The Morgan fingerprint density at radius 2 is 1.96 bits per heavy atom. The van der Waals surface area contributed by atoms with Crippen LogP contribution in [0.5, 0.6) is 11.5 Å². The third-order valence-corrected chi connectivity index (χ3v) is 3.26. The van der Waals surface area contributed by atoms with Gasteiger partial charge in [-0.1, -0.05) is 6.07 Å². The second-order valence-corrected chi connectivity index (χ2v) is 5.03. The molecule has 2 N–H and O–H groups in total. The van der Waals surface area contributed by atoms with Gasteiger partial charge in [-0.05, 0) is 31.0 Å². The molecule has 0 fully saturated rings. The van der Waals surface area contributed by atoms with E-state index in [9.17, 15) is 4.79 Å². The number of nitrogens with zero attached hydrogens (tertiary/aromatic N) is 2. The Morgan fingerprint density at radius 3 is 2.52 bits per heavy atom. The third kappa shape index (κ3) is 4.32. The third-order valence-electron chi connectivity index (χ3n) is 3.26. The summed E-state index contributed by atoms with van der Waals surface area (Å²) in [4.78, 5) is 18.6. The average Bonchev–Trinajstić information content (AvgIpc) is 2.55. The van der Waals surface area contributed by atoms with Crippen LogP contribution in [-0.2, 0) is 6.42 Å². The SMILES string of the molecule is COc1ccc(CC(C)Nc2cnc(C(=O)O)cn2)cc1OC. The maximum Gasteiger partial charge on any atom is 0.356 e. The molecule has 0 aliphatic rings. The highest BCUT2D eigenvalue weighted by atomic mass is 16.5. The summed E-state index contributed by atoms with van der Waals surface area (Å²) < 4.78 is 10.5. The summed E-state index contributed by atoms with van der Waals surface area (Å²) in [6.45, 7) is 2.00. The van der Waals surface area contributed by atoms with E-state index in [2.05, 4.69) is 15.3 Å². The van der Waals surface area contributed by atoms with Gasteiger partial charge in [-0.25, -0.2) is 14.8 Å². The minimum absolute atomic E-state index is 0.0805. The van der Waals surface area contributed by atoms with Crippen molar-refractivity contribution in [3.63, 3.8) is 0 Å². The summed E-state index contributed by atoms with van der Waals surface area (Å²) in [5.74, 6) is 0.806. The van der Waals surface area contributed by atoms with Crippen LogP contribution in [0, 0.1) is 0 Å².